The van der Waals surface area contributed by atoms with Crippen molar-refractivity contribution < 1.29 is 0 Å². The van der Waals surface area contributed by atoms with Crippen LogP contribution in [0.2, 0.25) is 0 Å². The molecule has 1 heterocycles. The van der Waals surface area contributed by atoms with Gasteiger partial charge in [0.25, 0.3) is 0 Å². The Bertz CT molecular complexity index is 284. The van der Waals surface area contributed by atoms with E-state index in [9.17, 15) is 0 Å². The van der Waals surface area contributed by atoms with Crippen molar-refractivity contribution in [2.75, 3.05) is 0 Å². The molecule has 0 aromatic heterocycles. The van der Waals surface area contributed by atoms with Gasteiger partial charge in [0.1, 0.15) is 0 Å². The van der Waals surface area contributed by atoms with Gasteiger partial charge >= 0.3 is 0 Å². The largest absolute Gasteiger partial charge is 0.261 e. The van der Waals surface area contributed by atoms with Gasteiger partial charge in [0.2, 0.25) is 0 Å². The fraction of sp³-hybridized carbons (Fsp3) is 0.500. The zero-order chi connectivity index (χ0) is 8.60. The van der Waals surface area contributed by atoms with Crippen molar-refractivity contribution in [1.82, 2.24) is 0 Å². The van der Waals surface area contributed by atoms with Crippen LogP contribution < -0.4 is 0 Å². The summed E-state index contributed by atoms with van der Waals surface area (Å²) < 4.78 is -0.106. The monoisotopic (exact) mass is 179 g/mol. The van der Waals surface area contributed by atoms with Crippen LogP contribution in [0.1, 0.15) is 26.2 Å². The molecular weight excluding hydrogens is 166 g/mol. The van der Waals surface area contributed by atoms with Gasteiger partial charge in [0, 0.05) is 16.7 Å². The number of hydrogen-bond acceptors (Lipinski definition) is 2. The predicted molar refractivity (Wildman–Crippen MR) is 55.9 cm³/mol. The first kappa shape index (κ1) is 8.11. The maximum absolute atomic E-state index is 4.53. The number of hydrogen-bond donors (Lipinski definition) is 1. The van der Waals surface area contributed by atoms with E-state index in [4.69, 9.17) is 0 Å². The smallest absolute Gasteiger partial charge is 0.0484 e. The van der Waals surface area contributed by atoms with E-state index in [0.29, 0.717) is 0 Å². The molecule has 1 atom stereocenters. The molecule has 12 heavy (non-hydrogen) atoms. The Morgan fingerprint density at radius 2 is 2.33 bits per heavy atom. The van der Waals surface area contributed by atoms with Crippen LogP contribution in [0.15, 0.2) is 28.9 Å². The molecule has 1 nitrogen and oxygen atoms in total. The summed E-state index contributed by atoms with van der Waals surface area (Å²) in [4.78, 5) is 4.40. The third-order valence-corrected chi connectivity index (χ3v) is 2.62. The molecule has 1 saturated carbocycles. The van der Waals surface area contributed by atoms with Crippen LogP contribution in [0.4, 0.5) is 0 Å². The fourth-order valence-corrected chi connectivity index (χ4v) is 1.96. The molecule has 0 spiro atoms. The average Bonchev–Trinajstić information content (AvgIpc) is 2.31. The van der Waals surface area contributed by atoms with Gasteiger partial charge in [-0.05, 0) is 37.8 Å². The summed E-state index contributed by atoms with van der Waals surface area (Å²) in [6, 6.07) is 0. The molecule has 1 aliphatic heterocycles. The van der Waals surface area contributed by atoms with E-state index in [1.807, 2.05) is 12.3 Å². The van der Waals surface area contributed by atoms with Crippen molar-refractivity contribution in [2.45, 2.75) is 30.9 Å². The number of nitrogens with zero attached hydrogens (tertiary/aromatic N) is 1. The minimum absolute atomic E-state index is 0.106. The van der Waals surface area contributed by atoms with Crippen LogP contribution in [0, 0.1) is 0 Å². The minimum atomic E-state index is -0.106. The second kappa shape index (κ2) is 2.77. The molecule has 64 valence electrons. The number of fused-ring (bicyclic) bond motifs is 1. The van der Waals surface area contributed by atoms with E-state index in [1.54, 1.807) is 0 Å². The van der Waals surface area contributed by atoms with Gasteiger partial charge in [0.15, 0.2) is 0 Å². The highest BCUT2D eigenvalue weighted by Crippen LogP contribution is 2.30. The third kappa shape index (κ3) is 1.48. The lowest BCUT2D eigenvalue weighted by Gasteiger charge is -2.12. The number of rotatable bonds is 0. The topological polar surface area (TPSA) is 12.4 Å². The van der Waals surface area contributed by atoms with Crippen molar-refractivity contribution in [3.8, 4) is 0 Å². The summed E-state index contributed by atoms with van der Waals surface area (Å²) in [7, 11) is 0. The number of allylic oxidation sites excluding steroid dienone is 1. The van der Waals surface area contributed by atoms with E-state index < -0.39 is 0 Å². The molecule has 0 aromatic rings. The summed E-state index contributed by atoms with van der Waals surface area (Å²) in [5.74, 6) is 0. The second-order valence-electron chi connectivity index (χ2n) is 3.64. The molecule has 1 fully saturated rings. The first-order valence-electron chi connectivity index (χ1n) is 4.36. The lowest BCUT2D eigenvalue weighted by Crippen LogP contribution is -2.08. The van der Waals surface area contributed by atoms with Gasteiger partial charge in [-0.1, -0.05) is 6.08 Å². The molecule has 0 amide bonds. The Kier molecular flexibility index (Phi) is 1.87. The zero-order valence-electron chi connectivity index (χ0n) is 7.25. The molecule has 0 bridgehead atoms. The van der Waals surface area contributed by atoms with Gasteiger partial charge in [0.05, 0.1) is 0 Å². The van der Waals surface area contributed by atoms with E-state index in [2.05, 4.69) is 30.6 Å². The Hall–Kier alpha value is -0.500. The van der Waals surface area contributed by atoms with Crippen molar-refractivity contribution in [1.29, 1.82) is 0 Å². The normalized spacial score (nSPS) is 33.8. The molecule has 1 aliphatic carbocycles. The number of thiol groups is 1. The van der Waals surface area contributed by atoms with E-state index in [1.165, 1.54) is 24.1 Å². The zero-order valence-corrected chi connectivity index (χ0v) is 8.14. The summed E-state index contributed by atoms with van der Waals surface area (Å²) in [5.41, 5.74) is 2.67. The highest BCUT2D eigenvalue weighted by atomic mass is 32.1. The maximum atomic E-state index is 4.53. The Labute approximate surface area is 78.7 Å². The quantitative estimate of drug-likeness (QED) is 0.549. The van der Waals surface area contributed by atoms with Gasteiger partial charge in [-0.25, -0.2) is 0 Å². The van der Waals surface area contributed by atoms with Crippen LogP contribution in [0.25, 0.3) is 0 Å². The summed E-state index contributed by atoms with van der Waals surface area (Å²) in [5, 5.41) is 0. The average molecular weight is 179 g/mol. The van der Waals surface area contributed by atoms with Gasteiger partial charge < -0.3 is 0 Å². The van der Waals surface area contributed by atoms with Crippen molar-refractivity contribution in [2.24, 2.45) is 4.99 Å². The molecular formula is C10H13NS. The summed E-state index contributed by atoms with van der Waals surface area (Å²) in [6.45, 7) is 2.09. The molecule has 0 saturated heterocycles. The van der Waals surface area contributed by atoms with Gasteiger partial charge in [-0.15, -0.1) is 0 Å². The maximum Gasteiger partial charge on any atom is 0.0484 e. The predicted octanol–water partition coefficient (Wildman–Crippen LogP) is 2.75. The van der Waals surface area contributed by atoms with Gasteiger partial charge in [-0.2, -0.15) is 12.6 Å². The first-order valence-corrected chi connectivity index (χ1v) is 4.81. The highest BCUT2D eigenvalue weighted by Gasteiger charge is 2.21. The van der Waals surface area contributed by atoms with E-state index in [0.717, 1.165) is 6.42 Å². The van der Waals surface area contributed by atoms with Gasteiger partial charge in [-0.3, -0.25) is 4.99 Å². The molecule has 2 heteroatoms. The molecule has 2 rings (SSSR count). The Morgan fingerprint density at radius 1 is 1.50 bits per heavy atom. The van der Waals surface area contributed by atoms with Crippen molar-refractivity contribution in [3.63, 3.8) is 0 Å². The van der Waals surface area contributed by atoms with Crippen LogP contribution in [-0.4, -0.2) is 10.5 Å². The molecule has 1 unspecified atom stereocenters. The molecule has 0 N–H and O–H groups in total. The lowest BCUT2D eigenvalue weighted by molar-refractivity contribution is 0.927. The van der Waals surface area contributed by atoms with Crippen LogP contribution >= 0.6 is 12.6 Å². The van der Waals surface area contributed by atoms with Crippen molar-refractivity contribution in [3.05, 3.63) is 23.9 Å². The van der Waals surface area contributed by atoms with E-state index >= 15 is 0 Å². The summed E-state index contributed by atoms with van der Waals surface area (Å²) in [6.07, 6.45) is 9.72. The molecule has 2 aliphatic rings. The minimum Gasteiger partial charge on any atom is -0.261 e. The number of aliphatic imine (C=N–C) groups is 1. The Morgan fingerprint density at radius 3 is 3.17 bits per heavy atom. The molecule has 0 aromatic carbocycles. The van der Waals surface area contributed by atoms with Crippen LogP contribution in [0.5, 0.6) is 0 Å². The van der Waals surface area contributed by atoms with Crippen LogP contribution in [0.3, 0.4) is 0 Å². The third-order valence-electron chi connectivity index (χ3n) is 2.34. The molecule has 0 radical (unpaired) electrons. The van der Waals surface area contributed by atoms with Crippen LogP contribution in [-0.2, 0) is 0 Å². The standard InChI is InChI=1S/C10H13NS/c1-10(12)5-6-11-9-4-2-3-8(9)7-10/h5-7,12H,2-4H2,1H3. The summed E-state index contributed by atoms with van der Waals surface area (Å²) >= 11 is 4.53. The highest BCUT2D eigenvalue weighted by molar-refractivity contribution is 7.82. The van der Waals surface area contributed by atoms with E-state index in [-0.39, 0.29) is 4.75 Å². The first-order chi connectivity index (χ1) is 5.67. The van der Waals surface area contributed by atoms with Crippen molar-refractivity contribution >= 4 is 18.3 Å². The Balaban J connectivity index is 2.40. The second-order valence-corrected chi connectivity index (χ2v) is 4.60. The fourth-order valence-electron chi connectivity index (χ4n) is 1.73. The SMILES string of the molecule is CC1(S)C=CN=C2CCCC2=C1. The lowest BCUT2D eigenvalue weighted by atomic mass is 10.1.